The molecule has 0 aliphatic rings. The molecule has 3 aromatic rings. The summed E-state index contributed by atoms with van der Waals surface area (Å²) in [6.07, 6.45) is 0.823. The minimum atomic E-state index is 0.674. The molecule has 0 fully saturated rings. The summed E-state index contributed by atoms with van der Waals surface area (Å²) >= 11 is 0. The third-order valence-corrected chi connectivity index (χ3v) is 4.55. The number of aromatic nitrogens is 2. The van der Waals surface area contributed by atoms with Crippen molar-refractivity contribution in [3.63, 3.8) is 0 Å². The number of benzene rings is 2. The Kier molecular flexibility index (Phi) is 5.54. The van der Waals surface area contributed by atoms with E-state index in [4.69, 9.17) is 18.9 Å². The van der Waals surface area contributed by atoms with Gasteiger partial charge in [-0.2, -0.15) is 5.10 Å². The van der Waals surface area contributed by atoms with E-state index in [-0.39, 0.29) is 0 Å². The number of nitrogens with one attached hydrogen (secondary N) is 1. The molecule has 6 nitrogen and oxygen atoms in total. The maximum atomic E-state index is 5.43. The summed E-state index contributed by atoms with van der Waals surface area (Å²) in [5, 5.41) is 7.75. The molecule has 0 atom stereocenters. The molecule has 6 heteroatoms. The Balaban J connectivity index is 2.08. The minimum Gasteiger partial charge on any atom is -0.493 e. The first-order valence-corrected chi connectivity index (χ1v) is 8.68. The van der Waals surface area contributed by atoms with Crippen LogP contribution in [0.2, 0.25) is 0 Å². The Morgan fingerprint density at radius 1 is 0.741 bits per heavy atom. The van der Waals surface area contributed by atoms with Gasteiger partial charge in [0.05, 0.1) is 39.8 Å². The number of ether oxygens (including phenoxy) is 4. The molecule has 0 spiro atoms. The van der Waals surface area contributed by atoms with Crippen LogP contribution in [0.25, 0.3) is 22.5 Å². The van der Waals surface area contributed by atoms with Crippen molar-refractivity contribution in [3.8, 4) is 45.5 Å². The molecule has 2 aromatic carbocycles. The zero-order valence-electron chi connectivity index (χ0n) is 16.3. The summed E-state index contributed by atoms with van der Waals surface area (Å²) in [6, 6.07) is 11.6. The predicted octanol–water partition coefficient (Wildman–Crippen LogP) is 4.34. The van der Waals surface area contributed by atoms with E-state index in [0.717, 1.165) is 34.5 Å². The zero-order chi connectivity index (χ0) is 19.4. The molecule has 0 unspecified atom stereocenters. The highest BCUT2D eigenvalue weighted by molar-refractivity contribution is 5.76. The molecule has 142 valence electrons. The Morgan fingerprint density at radius 3 is 1.78 bits per heavy atom. The highest BCUT2D eigenvalue weighted by Crippen LogP contribution is 2.38. The lowest BCUT2D eigenvalue weighted by Crippen LogP contribution is -1.93. The van der Waals surface area contributed by atoms with Crippen molar-refractivity contribution >= 4 is 0 Å². The number of nitrogens with zero attached hydrogens (tertiary/aromatic N) is 1. The largest absolute Gasteiger partial charge is 0.493 e. The standard InChI is InChI=1S/C21H24N2O4/c1-6-15-20(13-7-9-16(24-2)18(11-13)26-4)22-23-21(15)14-8-10-17(25-3)19(12-14)27-5/h7-12H,6H2,1-5H3,(H,22,23). The number of hydrogen-bond donors (Lipinski definition) is 1. The second-order valence-electron chi connectivity index (χ2n) is 5.92. The molecule has 0 bridgehead atoms. The fourth-order valence-electron chi connectivity index (χ4n) is 3.16. The molecular formula is C21H24N2O4. The smallest absolute Gasteiger partial charge is 0.161 e. The van der Waals surface area contributed by atoms with Gasteiger partial charge in [0.25, 0.3) is 0 Å². The summed E-state index contributed by atoms with van der Waals surface area (Å²) in [7, 11) is 6.51. The molecule has 0 aliphatic heterocycles. The third-order valence-electron chi connectivity index (χ3n) is 4.55. The Bertz CT molecular complexity index is 861. The van der Waals surface area contributed by atoms with E-state index in [9.17, 15) is 0 Å². The molecule has 0 amide bonds. The van der Waals surface area contributed by atoms with Crippen molar-refractivity contribution in [1.29, 1.82) is 0 Å². The maximum Gasteiger partial charge on any atom is 0.161 e. The van der Waals surface area contributed by atoms with Gasteiger partial charge in [-0.15, -0.1) is 0 Å². The highest BCUT2D eigenvalue weighted by Gasteiger charge is 2.18. The Morgan fingerprint density at radius 2 is 1.26 bits per heavy atom. The van der Waals surface area contributed by atoms with E-state index in [1.165, 1.54) is 0 Å². The van der Waals surface area contributed by atoms with Crippen molar-refractivity contribution < 1.29 is 18.9 Å². The summed E-state index contributed by atoms with van der Waals surface area (Å²) in [5.41, 5.74) is 4.93. The summed E-state index contributed by atoms with van der Waals surface area (Å²) in [6.45, 7) is 2.11. The molecule has 3 rings (SSSR count). The van der Waals surface area contributed by atoms with Crippen LogP contribution in [0.3, 0.4) is 0 Å². The molecule has 0 aliphatic carbocycles. The highest BCUT2D eigenvalue weighted by atomic mass is 16.5. The van der Waals surface area contributed by atoms with Gasteiger partial charge in [0.1, 0.15) is 0 Å². The molecular weight excluding hydrogens is 344 g/mol. The van der Waals surface area contributed by atoms with E-state index < -0.39 is 0 Å². The topological polar surface area (TPSA) is 65.6 Å². The summed E-state index contributed by atoms with van der Waals surface area (Å²) in [5.74, 6) is 2.74. The number of H-pyrrole nitrogens is 1. The van der Waals surface area contributed by atoms with Crippen LogP contribution in [0, 0.1) is 0 Å². The van der Waals surface area contributed by atoms with Gasteiger partial charge in [0.2, 0.25) is 0 Å². The Hall–Kier alpha value is -3.15. The SMILES string of the molecule is CCc1c(-c2ccc(OC)c(OC)c2)n[nH]c1-c1ccc(OC)c(OC)c1. The average Bonchev–Trinajstić information content (AvgIpc) is 3.16. The first-order valence-electron chi connectivity index (χ1n) is 8.68. The lowest BCUT2D eigenvalue weighted by atomic mass is 9.99. The number of methoxy groups -OCH3 is 4. The third kappa shape index (κ3) is 3.43. The van der Waals surface area contributed by atoms with Gasteiger partial charge in [-0.25, -0.2) is 0 Å². The van der Waals surface area contributed by atoms with Crippen molar-refractivity contribution in [1.82, 2.24) is 10.2 Å². The minimum absolute atomic E-state index is 0.674. The van der Waals surface area contributed by atoms with Gasteiger partial charge in [-0.05, 0) is 42.8 Å². The number of rotatable bonds is 7. The van der Waals surface area contributed by atoms with E-state index in [1.54, 1.807) is 28.4 Å². The van der Waals surface area contributed by atoms with E-state index in [0.29, 0.717) is 23.0 Å². The van der Waals surface area contributed by atoms with Gasteiger partial charge in [0, 0.05) is 16.7 Å². The summed E-state index contributed by atoms with van der Waals surface area (Å²) < 4.78 is 21.5. The quantitative estimate of drug-likeness (QED) is 0.672. The van der Waals surface area contributed by atoms with Gasteiger partial charge in [0.15, 0.2) is 23.0 Å². The normalized spacial score (nSPS) is 10.6. The van der Waals surface area contributed by atoms with Crippen LogP contribution in [0.5, 0.6) is 23.0 Å². The van der Waals surface area contributed by atoms with Crippen LogP contribution in [0.4, 0.5) is 0 Å². The first-order chi connectivity index (χ1) is 13.2. The zero-order valence-corrected chi connectivity index (χ0v) is 16.3. The lowest BCUT2D eigenvalue weighted by Gasteiger charge is -2.11. The first kappa shape index (κ1) is 18.6. The van der Waals surface area contributed by atoms with Gasteiger partial charge in [-0.3, -0.25) is 5.10 Å². The monoisotopic (exact) mass is 368 g/mol. The van der Waals surface area contributed by atoms with Gasteiger partial charge >= 0.3 is 0 Å². The molecule has 1 aromatic heterocycles. The number of hydrogen-bond acceptors (Lipinski definition) is 5. The molecule has 27 heavy (non-hydrogen) atoms. The van der Waals surface area contributed by atoms with E-state index in [2.05, 4.69) is 17.1 Å². The van der Waals surface area contributed by atoms with Crippen LogP contribution < -0.4 is 18.9 Å². The van der Waals surface area contributed by atoms with Crippen LogP contribution in [0.15, 0.2) is 36.4 Å². The van der Waals surface area contributed by atoms with Gasteiger partial charge in [-0.1, -0.05) is 6.92 Å². The molecule has 0 saturated heterocycles. The van der Waals surface area contributed by atoms with Crippen molar-refractivity contribution in [2.75, 3.05) is 28.4 Å². The van der Waals surface area contributed by atoms with Crippen LogP contribution in [-0.2, 0) is 6.42 Å². The lowest BCUT2D eigenvalue weighted by molar-refractivity contribution is 0.355. The Labute approximate surface area is 159 Å². The number of aromatic amines is 1. The second-order valence-corrected chi connectivity index (χ2v) is 5.92. The van der Waals surface area contributed by atoms with Crippen LogP contribution in [-0.4, -0.2) is 38.6 Å². The van der Waals surface area contributed by atoms with Crippen molar-refractivity contribution in [3.05, 3.63) is 42.0 Å². The second kappa shape index (κ2) is 8.03. The van der Waals surface area contributed by atoms with Crippen molar-refractivity contribution in [2.24, 2.45) is 0 Å². The molecule has 1 heterocycles. The van der Waals surface area contributed by atoms with Crippen LogP contribution >= 0.6 is 0 Å². The molecule has 0 saturated carbocycles. The predicted molar refractivity (Wildman–Crippen MR) is 105 cm³/mol. The van der Waals surface area contributed by atoms with Crippen molar-refractivity contribution in [2.45, 2.75) is 13.3 Å². The van der Waals surface area contributed by atoms with Crippen LogP contribution in [0.1, 0.15) is 12.5 Å². The van der Waals surface area contributed by atoms with Gasteiger partial charge < -0.3 is 18.9 Å². The summed E-state index contributed by atoms with van der Waals surface area (Å²) in [4.78, 5) is 0. The maximum absolute atomic E-state index is 5.43. The molecule has 1 N–H and O–H groups in total. The van der Waals surface area contributed by atoms with E-state index >= 15 is 0 Å². The fraction of sp³-hybridized carbons (Fsp3) is 0.286. The fourth-order valence-corrected chi connectivity index (χ4v) is 3.16. The molecule has 0 radical (unpaired) electrons. The van der Waals surface area contributed by atoms with E-state index in [1.807, 2.05) is 36.4 Å². The average molecular weight is 368 g/mol.